The molecule has 1 aromatic carbocycles. The van der Waals surface area contributed by atoms with Crippen molar-refractivity contribution in [3.63, 3.8) is 0 Å². The van der Waals surface area contributed by atoms with Crippen molar-refractivity contribution in [1.82, 2.24) is 4.90 Å². The molecule has 1 saturated heterocycles. The summed E-state index contributed by atoms with van der Waals surface area (Å²) >= 11 is 0. The lowest BCUT2D eigenvalue weighted by molar-refractivity contribution is 0.179. The number of anilines is 1. The second-order valence-electron chi connectivity index (χ2n) is 5.51. The number of hydrogen-bond acceptors (Lipinski definition) is 3. The van der Waals surface area contributed by atoms with Crippen molar-refractivity contribution in [3.05, 3.63) is 24.3 Å². The zero-order valence-corrected chi connectivity index (χ0v) is 12.0. The van der Waals surface area contributed by atoms with Crippen LogP contribution in [0.2, 0.25) is 0 Å². The van der Waals surface area contributed by atoms with Crippen LogP contribution in [-0.2, 0) is 0 Å². The van der Waals surface area contributed by atoms with Gasteiger partial charge >= 0.3 is 0 Å². The Labute approximate surface area is 116 Å². The number of ether oxygens (including phenoxy) is 1. The molecule has 0 amide bonds. The Morgan fingerprint density at radius 1 is 1.21 bits per heavy atom. The largest absolute Gasteiger partial charge is 0.493 e. The molecule has 0 spiro atoms. The van der Waals surface area contributed by atoms with Crippen molar-refractivity contribution in [2.75, 3.05) is 25.4 Å². The SMILES string of the molecule is CC(CCOc1cccc(N)c1)N1CCCCCC1. The summed E-state index contributed by atoms with van der Waals surface area (Å²) in [7, 11) is 0. The Bertz CT molecular complexity index is 373. The van der Waals surface area contributed by atoms with Gasteiger partial charge in [-0.15, -0.1) is 0 Å². The van der Waals surface area contributed by atoms with Crippen LogP contribution < -0.4 is 10.5 Å². The second-order valence-corrected chi connectivity index (χ2v) is 5.51. The lowest BCUT2D eigenvalue weighted by Gasteiger charge is -2.27. The molecule has 1 aliphatic heterocycles. The van der Waals surface area contributed by atoms with Gasteiger partial charge in [-0.3, -0.25) is 0 Å². The summed E-state index contributed by atoms with van der Waals surface area (Å²) in [6.45, 7) is 5.58. The number of hydrogen-bond donors (Lipinski definition) is 1. The van der Waals surface area contributed by atoms with Crippen molar-refractivity contribution >= 4 is 5.69 Å². The van der Waals surface area contributed by atoms with Crippen molar-refractivity contribution in [2.45, 2.75) is 45.1 Å². The molecule has 1 unspecified atom stereocenters. The van der Waals surface area contributed by atoms with E-state index in [0.29, 0.717) is 6.04 Å². The molecule has 0 saturated carbocycles. The van der Waals surface area contributed by atoms with E-state index in [-0.39, 0.29) is 0 Å². The van der Waals surface area contributed by atoms with Crippen LogP contribution in [0.1, 0.15) is 39.0 Å². The molecule has 0 radical (unpaired) electrons. The van der Waals surface area contributed by atoms with E-state index in [9.17, 15) is 0 Å². The van der Waals surface area contributed by atoms with Gasteiger partial charge in [-0.1, -0.05) is 18.9 Å². The third-order valence-electron chi connectivity index (χ3n) is 3.93. The van der Waals surface area contributed by atoms with Gasteiger partial charge in [0.05, 0.1) is 6.61 Å². The Hall–Kier alpha value is -1.22. The van der Waals surface area contributed by atoms with Crippen molar-refractivity contribution in [3.8, 4) is 5.75 Å². The monoisotopic (exact) mass is 262 g/mol. The highest BCUT2D eigenvalue weighted by Gasteiger charge is 2.15. The first kappa shape index (κ1) is 14.2. The Morgan fingerprint density at radius 3 is 2.63 bits per heavy atom. The van der Waals surface area contributed by atoms with Crippen molar-refractivity contribution in [2.24, 2.45) is 0 Å². The fourth-order valence-corrected chi connectivity index (χ4v) is 2.67. The van der Waals surface area contributed by atoms with Crippen LogP contribution in [0.25, 0.3) is 0 Å². The molecule has 0 aromatic heterocycles. The Morgan fingerprint density at radius 2 is 1.95 bits per heavy atom. The fraction of sp³-hybridized carbons (Fsp3) is 0.625. The maximum atomic E-state index is 5.77. The van der Waals surface area contributed by atoms with Crippen LogP contribution in [0, 0.1) is 0 Å². The zero-order chi connectivity index (χ0) is 13.5. The number of rotatable bonds is 5. The molecule has 1 aliphatic rings. The normalized spacial score (nSPS) is 18.8. The molecule has 1 heterocycles. The summed E-state index contributed by atoms with van der Waals surface area (Å²) < 4.78 is 5.77. The zero-order valence-electron chi connectivity index (χ0n) is 12.0. The molecule has 1 atom stereocenters. The summed E-state index contributed by atoms with van der Waals surface area (Å²) in [5.41, 5.74) is 6.50. The molecule has 1 fully saturated rings. The van der Waals surface area contributed by atoms with E-state index in [4.69, 9.17) is 10.5 Å². The van der Waals surface area contributed by atoms with E-state index < -0.39 is 0 Å². The van der Waals surface area contributed by atoms with Crippen LogP contribution in [0.3, 0.4) is 0 Å². The van der Waals surface area contributed by atoms with Crippen LogP contribution in [-0.4, -0.2) is 30.6 Å². The van der Waals surface area contributed by atoms with Crippen molar-refractivity contribution < 1.29 is 4.74 Å². The highest BCUT2D eigenvalue weighted by Crippen LogP contribution is 2.17. The average Bonchev–Trinajstić information content (AvgIpc) is 2.67. The van der Waals surface area contributed by atoms with Gasteiger partial charge in [-0.25, -0.2) is 0 Å². The number of nitrogens with zero attached hydrogens (tertiary/aromatic N) is 1. The maximum Gasteiger partial charge on any atom is 0.121 e. The molecule has 19 heavy (non-hydrogen) atoms. The molecule has 106 valence electrons. The first-order chi connectivity index (χ1) is 9.25. The summed E-state index contributed by atoms with van der Waals surface area (Å²) in [5, 5.41) is 0. The van der Waals surface area contributed by atoms with Crippen LogP contribution in [0.4, 0.5) is 5.69 Å². The third-order valence-corrected chi connectivity index (χ3v) is 3.93. The standard InChI is InChI=1S/C16H26N2O/c1-14(18-10-4-2-3-5-11-18)9-12-19-16-8-6-7-15(17)13-16/h6-8,13-14H,2-5,9-12,17H2,1H3. The van der Waals surface area contributed by atoms with Gasteiger partial charge in [0.2, 0.25) is 0 Å². The molecular weight excluding hydrogens is 236 g/mol. The average molecular weight is 262 g/mol. The lowest BCUT2D eigenvalue weighted by Crippen LogP contribution is -2.34. The summed E-state index contributed by atoms with van der Waals surface area (Å²) in [6, 6.07) is 8.28. The van der Waals surface area contributed by atoms with Crippen LogP contribution >= 0.6 is 0 Å². The number of nitrogens with two attached hydrogens (primary N) is 1. The predicted octanol–water partition coefficient (Wildman–Crippen LogP) is 3.30. The molecule has 1 aromatic rings. The van der Waals surface area contributed by atoms with E-state index in [1.807, 2.05) is 24.3 Å². The highest BCUT2D eigenvalue weighted by molar-refractivity contribution is 5.43. The molecule has 2 rings (SSSR count). The van der Waals surface area contributed by atoms with Crippen molar-refractivity contribution in [1.29, 1.82) is 0 Å². The first-order valence-electron chi connectivity index (χ1n) is 7.48. The van der Waals surface area contributed by atoms with Crippen LogP contribution in [0.5, 0.6) is 5.75 Å². The summed E-state index contributed by atoms with van der Waals surface area (Å²) in [4.78, 5) is 2.61. The van der Waals surface area contributed by atoms with Gasteiger partial charge < -0.3 is 15.4 Å². The molecular formula is C16H26N2O. The number of likely N-dealkylation sites (tertiary alicyclic amines) is 1. The van der Waals surface area contributed by atoms with E-state index in [2.05, 4.69) is 11.8 Å². The highest BCUT2D eigenvalue weighted by atomic mass is 16.5. The summed E-state index contributed by atoms with van der Waals surface area (Å²) in [5.74, 6) is 0.878. The minimum absolute atomic E-state index is 0.610. The number of nitrogen functional groups attached to an aromatic ring is 1. The van der Waals surface area contributed by atoms with Gasteiger partial charge in [0, 0.05) is 17.8 Å². The fourth-order valence-electron chi connectivity index (χ4n) is 2.67. The molecule has 2 N–H and O–H groups in total. The van der Waals surface area contributed by atoms with E-state index in [1.54, 1.807) is 0 Å². The quantitative estimate of drug-likeness (QED) is 0.827. The Balaban J connectivity index is 1.72. The minimum Gasteiger partial charge on any atom is -0.493 e. The third kappa shape index (κ3) is 4.75. The van der Waals surface area contributed by atoms with Gasteiger partial charge in [0.25, 0.3) is 0 Å². The Kier molecular flexibility index (Phi) is 5.52. The van der Waals surface area contributed by atoms with E-state index >= 15 is 0 Å². The molecule has 3 nitrogen and oxygen atoms in total. The van der Waals surface area contributed by atoms with E-state index in [1.165, 1.54) is 38.8 Å². The lowest BCUT2D eigenvalue weighted by atomic mass is 10.2. The smallest absolute Gasteiger partial charge is 0.121 e. The van der Waals surface area contributed by atoms with Crippen LogP contribution in [0.15, 0.2) is 24.3 Å². The van der Waals surface area contributed by atoms with Gasteiger partial charge in [0.1, 0.15) is 5.75 Å². The molecule has 0 bridgehead atoms. The van der Waals surface area contributed by atoms with Gasteiger partial charge in [-0.2, -0.15) is 0 Å². The minimum atomic E-state index is 0.610. The molecule has 0 aliphatic carbocycles. The molecule has 3 heteroatoms. The van der Waals surface area contributed by atoms with Gasteiger partial charge in [0.15, 0.2) is 0 Å². The van der Waals surface area contributed by atoms with E-state index in [0.717, 1.165) is 24.5 Å². The van der Waals surface area contributed by atoms with Gasteiger partial charge in [-0.05, 0) is 51.4 Å². The number of benzene rings is 1. The maximum absolute atomic E-state index is 5.77. The first-order valence-corrected chi connectivity index (χ1v) is 7.48. The summed E-state index contributed by atoms with van der Waals surface area (Å²) in [6.07, 6.45) is 6.56. The topological polar surface area (TPSA) is 38.5 Å². The predicted molar refractivity (Wildman–Crippen MR) is 80.5 cm³/mol. The second kappa shape index (κ2) is 7.39.